The van der Waals surface area contributed by atoms with Crippen LogP contribution >= 0.6 is 11.3 Å². The first-order chi connectivity index (χ1) is 18.4. The molecule has 8 heteroatoms. The van der Waals surface area contributed by atoms with Crippen molar-refractivity contribution in [2.75, 3.05) is 20.1 Å². The van der Waals surface area contributed by atoms with Crippen molar-refractivity contribution in [3.05, 3.63) is 117 Å². The van der Waals surface area contributed by atoms with E-state index in [-0.39, 0.29) is 11.8 Å². The van der Waals surface area contributed by atoms with Crippen LogP contribution in [0.4, 0.5) is 0 Å². The highest BCUT2D eigenvalue weighted by Crippen LogP contribution is 2.14. The molecule has 7 nitrogen and oxygen atoms in total. The lowest BCUT2D eigenvalue weighted by Gasteiger charge is -2.16. The quantitative estimate of drug-likeness (QED) is 0.282. The Hall–Kier alpha value is -3.88. The van der Waals surface area contributed by atoms with Gasteiger partial charge < -0.3 is 15.5 Å². The zero-order chi connectivity index (χ0) is 27.2. The molecular formula is C30H35N5O2S. The van der Waals surface area contributed by atoms with Gasteiger partial charge in [0.1, 0.15) is 5.01 Å². The van der Waals surface area contributed by atoms with Gasteiger partial charge in [-0.15, -0.1) is 11.3 Å². The molecule has 2 amide bonds. The van der Waals surface area contributed by atoms with Crippen LogP contribution in [0.1, 0.15) is 49.1 Å². The van der Waals surface area contributed by atoms with Crippen LogP contribution < -0.4 is 10.6 Å². The third kappa shape index (κ3) is 9.88. The van der Waals surface area contributed by atoms with Crippen LogP contribution in [0.2, 0.25) is 0 Å². The summed E-state index contributed by atoms with van der Waals surface area (Å²) in [6.45, 7) is 6.48. The molecule has 4 rings (SSSR count). The number of carbonyl (C=O) groups excluding carboxylic acids is 2. The molecule has 2 aromatic carbocycles. The molecule has 0 unspecified atom stereocenters. The molecule has 2 aromatic heterocycles. The van der Waals surface area contributed by atoms with Crippen LogP contribution in [-0.2, 0) is 13.1 Å². The Balaban J connectivity index is 0.000000494. The molecule has 0 fully saturated rings. The maximum Gasteiger partial charge on any atom is 0.253 e. The Morgan fingerprint density at radius 1 is 0.921 bits per heavy atom. The van der Waals surface area contributed by atoms with E-state index in [0.717, 1.165) is 29.4 Å². The number of pyridine rings is 1. The number of carbonyl (C=O) groups is 2. The molecule has 0 bridgehead atoms. The summed E-state index contributed by atoms with van der Waals surface area (Å²) in [5, 5.41) is 9.07. The molecule has 2 N–H and O–H groups in total. The van der Waals surface area contributed by atoms with E-state index in [1.165, 1.54) is 16.9 Å². The number of rotatable bonds is 10. The largest absolute Gasteiger partial charge is 0.352 e. The molecule has 0 atom stereocenters. The first-order valence-electron chi connectivity index (χ1n) is 12.6. The molecule has 198 valence electrons. The highest BCUT2D eigenvalue weighted by atomic mass is 32.1. The van der Waals surface area contributed by atoms with Gasteiger partial charge in [0.05, 0.1) is 12.2 Å². The molecule has 0 saturated carbocycles. The number of hydrogen-bond acceptors (Lipinski definition) is 6. The van der Waals surface area contributed by atoms with E-state index in [4.69, 9.17) is 0 Å². The predicted molar refractivity (Wildman–Crippen MR) is 153 cm³/mol. The molecule has 0 saturated heterocycles. The lowest BCUT2D eigenvalue weighted by molar-refractivity contribution is 0.0785. The summed E-state index contributed by atoms with van der Waals surface area (Å²) in [4.78, 5) is 35.5. The van der Waals surface area contributed by atoms with Crippen molar-refractivity contribution in [2.45, 2.75) is 33.4 Å². The van der Waals surface area contributed by atoms with Crippen LogP contribution in [0.15, 0.2) is 84.4 Å². The molecule has 2 heterocycles. The third-order valence-corrected chi connectivity index (χ3v) is 6.50. The zero-order valence-corrected chi connectivity index (χ0v) is 23.0. The third-order valence-electron chi connectivity index (χ3n) is 5.55. The maximum atomic E-state index is 12.7. The monoisotopic (exact) mass is 529 g/mol. The topological polar surface area (TPSA) is 87.2 Å². The summed E-state index contributed by atoms with van der Waals surface area (Å²) < 4.78 is 0. The van der Waals surface area contributed by atoms with Crippen molar-refractivity contribution in [2.24, 2.45) is 0 Å². The Labute approximate surface area is 229 Å². The number of benzene rings is 2. The molecule has 0 aliphatic rings. The minimum Gasteiger partial charge on any atom is -0.352 e. The van der Waals surface area contributed by atoms with E-state index < -0.39 is 0 Å². The summed E-state index contributed by atoms with van der Waals surface area (Å²) in [5.41, 5.74) is 4.23. The fourth-order valence-electron chi connectivity index (χ4n) is 3.53. The second-order valence-corrected chi connectivity index (χ2v) is 9.83. The van der Waals surface area contributed by atoms with Gasteiger partial charge in [0.15, 0.2) is 0 Å². The number of thiazole rings is 1. The summed E-state index contributed by atoms with van der Waals surface area (Å²) in [6.07, 6.45) is 2.57. The predicted octanol–water partition coefficient (Wildman–Crippen LogP) is 5.02. The summed E-state index contributed by atoms with van der Waals surface area (Å²) in [5.74, 6) is -0.321. The van der Waals surface area contributed by atoms with Gasteiger partial charge in [-0.05, 0) is 57.1 Å². The number of aromatic nitrogens is 2. The van der Waals surface area contributed by atoms with Gasteiger partial charge in [0.25, 0.3) is 11.8 Å². The van der Waals surface area contributed by atoms with Gasteiger partial charge in [-0.2, -0.15) is 0 Å². The lowest BCUT2D eigenvalue weighted by atomic mass is 10.1. The second-order valence-electron chi connectivity index (χ2n) is 8.89. The standard InChI is InChI=1S/C23H27N5O2S.C7H8/c1-17-16-31-21(27-17)15-28(2)23(30)19-8-5-7-18(13-19)22(29)26-12-6-10-24-14-20-9-3-4-11-25-20;1-7-5-3-2-4-6-7/h3-5,7-9,11,13,16,24H,6,10,12,14-15H2,1-2H3,(H,26,29);2-6H,1H3. The van der Waals surface area contributed by atoms with Crippen LogP contribution in [-0.4, -0.2) is 46.8 Å². The molecule has 0 aliphatic carbocycles. The zero-order valence-electron chi connectivity index (χ0n) is 22.2. The molecule has 0 radical (unpaired) electrons. The van der Waals surface area contributed by atoms with E-state index in [0.29, 0.717) is 30.8 Å². The van der Waals surface area contributed by atoms with Crippen LogP contribution in [0.25, 0.3) is 0 Å². The van der Waals surface area contributed by atoms with Crippen LogP contribution in [0.3, 0.4) is 0 Å². The Kier molecular flexibility index (Phi) is 11.6. The van der Waals surface area contributed by atoms with Crippen LogP contribution in [0, 0.1) is 13.8 Å². The number of amides is 2. The van der Waals surface area contributed by atoms with Crippen molar-refractivity contribution in [1.29, 1.82) is 0 Å². The van der Waals surface area contributed by atoms with Gasteiger partial charge >= 0.3 is 0 Å². The minimum atomic E-state index is -0.183. The SMILES string of the molecule is Cc1ccccc1.Cc1csc(CN(C)C(=O)c2cccc(C(=O)NCCCNCc3ccccn3)c2)n1. The first kappa shape index (κ1) is 28.7. The molecule has 0 spiro atoms. The number of nitrogens with zero attached hydrogens (tertiary/aromatic N) is 3. The van der Waals surface area contributed by atoms with Gasteiger partial charge in [0, 0.05) is 48.5 Å². The second kappa shape index (κ2) is 15.4. The first-order valence-corrected chi connectivity index (χ1v) is 13.5. The van der Waals surface area contributed by atoms with Crippen molar-refractivity contribution < 1.29 is 9.59 Å². The highest BCUT2D eigenvalue weighted by molar-refractivity contribution is 7.09. The Morgan fingerprint density at radius 2 is 1.68 bits per heavy atom. The van der Waals surface area contributed by atoms with E-state index >= 15 is 0 Å². The van der Waals surface area contributed by atoms with Crippen molar-refractivity contribution >= 4 is 23.2 Å². The normalized spacial score (nSPS) is 10.3. The van der Waals surface area contributed by atoms with Crippen molar-refractivity contribution in [3.8, 4) is 0 Å². The summed E-state index contributed by atoms with van der Waals surface area (Å²) in [7, 11) is 1.74. The lowest BCUT2D eigenvalue weighted by Crippen LogP contribution is -2.28. The Morgan fingerprint density at radius 3 is 2.34 bits per heavy atom. The average Bonchev–Trinajstić information content (AvgIpc) is 3.35. The minimum absolute atomic E-state index is 0.138. The van der Waals surface area contributed by atoms with Crippen molar-refractivity contribution in [3.63, 3.8) is 0 Å². The van der Waals surface area contributed by atoms with Gasteiger partial charge in [-0.1, -0.05) is 48.0 Å². The average molecular weight is 530 g/mol. The maximum absolute atomic E-state index is 12.7. The van der Waals surface area contributed by atoms with E-state index in [2.05, 4.69) is 39.7 Å². The van der Waals surface area contributed by atoms with Gasteiger partial charge in [0.2, 0.25) is 0 Å². The van der Waals surface area contributed by atoms with Crippen molar-refractivity contribution in [1.82, 2.24) is 25.5 Å². The number of nitrogens with one attached hydrogen (secondary N) is 2. The summed E-state index contributed by atoms with van der Waals surface area (Å²) >= 11 is 1.53. The van der Waals surface area contributed by atoms with Gasteiger partial charge in [-0.3, -0.25) is 14.6 Å². The molecule has 0 aliphatic heterocycles. The van der Waals surface area contributed by atoms with Gasteiger partial charge in [-0.25, -0.2) is 4.98 Å². The molecule has 38 heavy (non-hydrogen) atoms. The fraction of sp³-hybridized carbons (Fsp3) is 0.267. The number of aryl methyl sites for hydroxylation is 2. The van der Waals surface area contributed by atoms with E-state index in [9.17, 15) is 9.59 Å². The fourth-order valence-corrected chi connectivity index (χ4v) is 4.36. The smallest absolute Gasteiger partial charge is 0.253 e. The Bertz CT molecular complexity index is 1280. The van der Waals surface area contributed by atoms with Crippen LogP contribution in [0.5, 0.6) is 0 Å². The molecular weight excluding hydrogens is 494 g/mol. The highest BCUT2D eigenvalue weighted by Gasteiger charge is 2.15. The summed E-state index contributed by atoms with van der Waals surface area (Å²) in [6, 6.07) is 22.9. The van der Waals surface area contributed by atoms with E-state index in [1.807, 2.05) is 48.7 Å². The number of hydrogen-bond donors (Lipinski definition) is 2. The molecule has 4 aromatic rings. The van der Waals surface area contributed by atoms with E-state index in [1.54, 1.807) is 42.4 Å².